The van der Waals surface area contributed by atoms with Gasteiger partial charge in [-0.1, -0.05) is 13.8 Å². The molecule has 0 aromatic carbocycles. The summed E-state index contributed by atoms with van der Waals surface area (Å²) in [5.41, 5.74) is 0.798. The highest BCUT2D eigenvalue weighted by Crippen LogP contribution is 2.12. The Labute approximate surface area is 65.5 Å². The minimum atomic E-state index is -0.0738. The summed E-state index contributed by atoms with van der Waals surface area (Å²) < 4.78 is 0. The molecule has 0 aliphatic rings. The standard InChI is InChI=1S/C8H12N2O/c1-3-6(2)7-4-8(11)10-5-9-7/h4-6H,3H2,1-2H3,(H,9,10,11)/t6-/m1/s1. The monoisotopic (exact) mass is 152 g/mol. The van der Waals surface area contributed by atoms with E-state index in [1.54, 1.807) is 6.07 Å². The van der Waals surface area contributed by atoms with Crippen molar-refractivity contribution < 1.29 is 0 Å². The quantitative estimate of drug-likeness (QED) is 0.693. The molecule has 0 saturated heterocycles. The van der Waals surface area contributed by atoms with Crippen LogP contribution >= 0.6 is 0 Å². The van der Waals surface area contributed by atoms with Gasteiger partial charge < -0.3 is 4.98 Å². The summed E-state index contributed by atoms with van der Waals surface area (Å²) >= 11 is 0. The molecule has 3 heteroatoms. The van der Waals surface area contributed by atoms with Crippen molar-refractivity contribution in [1.29, 1.82) is 0 Å². The van der Waals surface area contributed by atoms with Gasteiger partial charge in [0.05, 0.1) is 12.0 Å². The summed E-state index contributed by atoms with van der Waals surface area (Å²) in [5.74, 6) is 0.372. The molecule has 0 fully saturated rings. The third-order valence-electron chi connectivity index (χ3n) is 1.82. The van der Waals surface area contributed by atoms with Crippen LogP contribution in [0, 0.1) is 0 Å². The molecular formula is C8H12N2O. The minimum absolute atomic E-state index is 0.0738. The van der Waals surface area contributed by atoms with Gasteiger partial charge >= 0.3 is 0 Å². The zero-order valence-electron chi connectivity index (χ0n) is 6.79. The van der Waals surface area contributed by atoms with Crippen molar-refractivity contribution in [3.8, 4) is 0 Å². The second-order valence-corrected chi connectivity index (χ2v) is 2.65. The van der Waals surface area contributed by atoms with E-state index in [1.165, 1.54) is 6.33 Å². The number of nitrogens with one attached hydrogen (secondary N) is 1. The van der Waals surface area contributed by atoms with Gasteiger partial charge in [0.25, 0.3) is 5.56 Å². The van der Waals surface area contributed by atoms with E-state index in [0.717, 1.165) is 12.1 Å². The van der Waals surface area contributed by atoms with Crippen LogP contribution < -0.4 is 5.56 Å². The fourth-order valence-corrected chi connectivity index (χ4v) is 0.862. The lowest BCUT2D eigenvalue weighted by Gasteiger charge is -2.04. The fourth-order valence-electron chi connectivity index (χ4n) is 0.862. The highest BCUT2D eigenvalue weighted by atomic mass is 16.1. The maximum Gasteiger partial charge on any atom is 0.250 e. The molecular weight excluding hydrogens is 140 g/mol. The topological polar surface area (TPSA) is 45.8 Å². The third-order valence-corrected chi connectivity index (χ3v) is 1.82. The minimum Gasteiger partial charge on any atom is -0.313 e. The summed E-state index contributed by atoms with van der Waals surface area (Å²) in [6.07, 6.45) is 2.46. The molecule has 0 radical (unpaired) electrons. The van der Waals surface area contributed by atoms with Crippen LogP contribution in [-0.4, -0.2) is 9.97 Å². The van der Waals surface area contributed by atoms with Crippen molar-refractivity contribution in [2.24, 2.45) is 0 Å². The number of hydrogen-bond acceptors (Lipinski definition) is 2. The van der Waals surface area contributed by atoms with Crippen LogP contribution in [0.2, 0.25) is 0 Å². The number of rotatable bonds is 2. The largest absolute Gasteiger partial charge is 0.313 e. The van der Waals surface area contributed by atoms with Crippen LogP contribution in [0.15, 0.2) is 17.2 Å². The Bertz CT molecular complexity index is 279. The molecule has 11 heavy (non-hydrogen) atoms. The van der Waals surface area contributed by atoms with Crippen molar-refractivity contribution in [3.05, 3.63) is 28.4 Å². The first kappa shape index (κ1) is 7.98. The van der Waals surface area contributed by atoms with E-state index in [2.05, 4.69) is 23.8 Å². The van der Waals surface area contributed by atoms with Crippen molar-refractivity contribution in [2.75, 3.05) is 0 Å². The second-order valence-electron chi connectivity index (χ2n) is 2.65. The number of aromatic nitrogens is 2. The van der Waals surface area contributed by atoms with Gasteiger partial charge in [0.15, 0.2) is 0 Å². The number of H-pyrrole nitrogens is 1. The number of nitrogens with zero attached hydrogens (tertiary/aromatic N) is 1. The molecule has 0 spiro atoms. The molecule has 0 bridgehead atoms. The van der Waals surface area contributed by atoms with Gasteiger partial charge in [0.1, 0.15) is 0 Å². The molecule has 1 aromatic rings. The summed E-state index contributed by atoms with van der Waals surface area (Å²) in [6.45, 7) is 4.13. The zero-order chi connectivity index (χ0) is 8.27. The van der Waals surface area contributed by atoms with E-state index in [-0.39, 0.29) is 5.56 Å². The molecule has 0 aliphatic carbocycles. The third kappa shape index (κ3) is 1.90. The zero-order valence-corrected chi connectivity index (χ0v) is 6.79. The SMILES string of the molecule is CC[C@@H](C)c1cc(=O)[nH]cn1. The summed E-state index contributed by atoms with van der Waals surface area (Å²) in [5, 5.41) is 0. The average Bonchev–Trinajstić information content (AvgIpc) is 2.03. The molecule has 60 valence electrons. The van der Waals surface area contributed by atoms with Crippen LogP contribution in [0.1, 0.15) is 31.9 Å². The molecule has 0 unspecified atom stereocenters. The second kappa shape index (κ2) is 3.32. The van der Waals surface area contributed by atoms with Crippen molar-refractivity contribution in [1.82, 2.24) is 9.97 Å². The first-order valence-corrected chi connectivity index (χ1v) is 3.78. The van der Waals surface area contributed by atoms with Crippen molar-refractivity contribution in [2.45, 2.75) is 26.2 Å². The van der Waals surface area contributed by atoms with Gasteiger partial charge in [-0.15, -0.1) is 0 Å². The number of hydrogen-bond donors (Lipinski definition) is 1. The lowest BCUT2D eigenvalue weighted by atomic mass is 10.1. The maximum absolute atomic E-state index is 10.8. The van der Waals surface area contributed by atoms with Crippen LogP contribution in [-0.2, 0) is 0 Å². The molecule has 1 rings (SSSR count). The average molecular weight is 152 g/mol. The van der Waals surface area contributed by atoms with E-state index >= 15 is 0 Å². The highest BCUT2D eigenvalue weighted by molar-refractivity contribution is 5.03. The van der Waals surface area contributed by atoms with Gasteiger partial charge in [0, 0.05) is 6.07 Å². The molecule has 1 N–H and O–H groups in total. The van der Waals surface area contributed by atoms with E-state index in [0.29, 0.717) is 5.92 Å². The van der Waals surface area contributed by atoms with E-state index in [1.807, 2.05) is 0 Å². The van der Waals surface area contributed by atoms with E-state index in [4.69, 9.17) is 0 Å². The van der Waals surface area contributed by atoms with Gasteiger partial charge in [-0.05, 0) is 12.3 Å². The Hall–Kier alpha value is -1.12. The van der Waals surface area contributed by atoms with Gasteiger partial charge in [-0.2, -0.15) is 0 Å². The summed E-state index contributed by atoms with van der Waals surface area (Å²) in [4.78, 5) is 17.4. The Kier molecular flexibility index (Phi) is 2.41. The fraction of sp³-hybridized carbons (Fsp3) is 0.500. The predicted octanol–water partition coefficient (Wildman–Crippen LogP) is 1.28. The summed E-state index contributed by atoms with van der Waals surface area (Å²) in [7, 11) is 0. The molecule has 3 nitrogen and oxygen atoms in total. The van der Waals surface area contributed by atoms with Crippen molar-refractivity contribution >= 4 is 0 Å². The van der Waals surface area contributed by atoms with Crippen LogP contribution in [0.25, 0.3) is 0 Å². The Morgan fingerprint density at radius 1 is 1.73 bits per heavy atom. The van der Waals surface area contributed by atoms with E-state index in [9.17, 15) is 4.79 Å². The van der Waals surface area contributed by atoms with E-state index < -0.39 is 0 Å². The molecule has 0 saturated carbocycles. The Morgan fingerprint density at radius 3 is 3.00 bits per heavy atom. The first-order valence-electron chi connectivity index (χ1n) is 3.78. The van der Waals surface area contributed by atoms with Crippen LogP contribution in [0.4, 0.5) is 0 Å². The molecule has 0 amide bonds. The van der Waals surface area contributed by atoms with Crippen LogP contribution in [0.3, 0.4) is 0 Å². The maximum atomic E-state index is 10.8. The molecule has 1 heterocycles. The van der Waals surface area contributed by atoms with Crippen LogP contribution in [0.5, 0.6) is 0 Å². The van der Waals surface area contributed by atoms with Gasteiger partial charge in [0.2, 0.25) is 0 Å². The Balaban J connectivity index is 2.96. The lowest BCUT2D eigenvalue weighted by molar-refractivity contribution is 0.702. The smallest absolute Gasteiger partial charge is 0.250 e. The van der Waals surface area contributed by atoms with Gasteiger partial charge in [-0.3, -0.25) is 4.79 Å². The molecule has 1 aromatic heterocycles. The molecule has 0 aliphatic heterocycles. The predicted molar refractivity (Wildman–Crippen MR) is 43.6 cm³/mol. The normalized spacial score (nSPS) is 12.9. The summed E-state index contributed by atoms with van der Waals surface area (Å²) in [6, 6.07) is 1.55. The van der Waals surface area contributed by atoms with Gasteiger partial charge in [-0.25, -0.2) is 4.98 Å². The Morgan fingerprint density at radius 2 is 2.45 bits per heavy atom. The van der Waals surface area contributed by atoms with Crippen molar-refractivity contribution in [3.63, 3.8) is 0 Å². The lowest BCUT2D eigenvalue weighted by Crippen LogP contribution is -2.08. The highest BCUT2D eigenvalue weighted by Gasteiger charge is 2.03. The number of aromatic amines is 1. The first-order chi connectivity index (χ1) is 5.24. The molecule has 1 atom stereocenters.